The molecule has 1 aliphatic rings. The van der Waals surface area contributed by atoms with Crippen LogP contribution in [-0.2, 0) is 0 Å². The molecule has 0 unspecified atom stereocenters. The van der Waals surface area contributed by atoms with Crippen LogP contribution in [0.1, 0.15) is 84.5 Å². The summed E-state index contributed by atoms with van der Waals surface area (Å²) in [5.74, 6) is 0. The molecule has 0 saturated heterocycles. The second-order valence-electron chi connectivity index (χ2n) is 5.59. The fourth-order valence-electron chi connectivity index (χ4n) is 2.94. The summed E-state index contributed by atoms with van der Waals surface area (Å²) in [6.07, 6.45) is 18.4. The van der Waals surface area contributed by atoms with Crippen molar-refractivity contribution in [2.24, 2.45) is 5.41 Å². The first-order chi connectivity index (χ1) is 7.27. The highest BCUT2D eigenvalue weighted by Crippen LogP contribution is 2.35. The first-order valence-electron chi connectivity index (χ1n) is 7.11. The maximum absolute atomic E-state index is 2.57. The molecular formula is C15H29. The van der Waals surface area contributed by atoms with Crippen molar-refractivity contribution in [1.29, 1.82) is 0 Å². The zero-order valence-corrected chi connectivity index (χ0v) is 10.9. The molecule has 0 N–H and O–H groups in total. The van der Waals surface area contributed by atoms with Gasteiger partial charge in [0.25, 0.3) is 0 Å². The molecule has 89 valence electrons. The van der Waals surface area contributed by atoms with Gasteiger partial charge in [0, 0.05) is 0 Å². The molecule has 0 heteroatoms. The largest absolute Gasteiger partial charge is 0.0651 e. The van der Waals surface area contributed by atoms with Gasteiger partial charge in [-0.15, -0.1) is 0 Å². The maximum atomic E-state index is 2.57. The van der Waals surface area contributed by atoms with Gasteiger partial charge in [0.1, 0.15) is 0 Å². The first kappa shape index (κ1) is 13.1. The lowest BCUT2D eigenvalue weighted by atomic mass is 9.76. The Bertz CT molecular complexity index is 136. The Morgan fingerprint density at radius 3 is 1.60 bits per heavy atom. The van der Waals surface area contributed by atoms with Gasteiger partial charge in [-0.1, -0.05) is 71.6 Å². The van der Waals surface area contributed by atoms with Crippen LogP contribution >= 0.6 is 0 Å². The third kappa shape index (κ3) is 5.58. The van der Waals surface area contributed by atoms with Crippen LogP contribution in [0.4, 0.5) is 0 Å². The maximum Gasteiger partial charge on any atom is -0.0295 e. The SMILES string of the molecule is CC[CH]C1(C)CCCCCCCCCC1. The molecule has 0 nitrogen and oxygen atoms in total. The van der Waals surface area contributed by atoms with Crippen LogP contribution in [0.2, 0.25) is 0 Å². The summed E-state index contributed by atoms with van der Waals surface area (Å²) in [5, 5.41) is 0. The van der Waals surface area contributed by atoms with E-state index in [9.17, 15) is 0 Å². The smallest absolute Gasteiger partial charge is 0.0295 e. The molecule has 15 heavy (non-hydrogen) atoms. The third-order valence-electron chi connectivity index (χ3n) is 3.94. The second-order valence-corrected chi connectivity index (χ2v) is 5.59. The molecule has 0 bridgehead atoms. The van der Waals surface area contributed by atoms with Gasteiger partial charge in [0.2, 0.25) is 0 Å². The first-order valence-corrected chi connectivity index (χ1v) is 7.11. The summed E-state index contributed by atoms with van der Waals surface area (Å²) in [4.78, 5) is 0. The highest BCUT2D eigenvalue weighted by molar-refractivity contribution is 4.87. The molecule has 1 fully saturated rings. The van der Waals surface area contributed by atoms with E-state index < -0.39 is 0 Å². The topological polar surface area (TPSA) is 0 Å². The lowest BCUT2D eigenvalue weighted by Crippen LogP contribution is -2.16. The van der Waals surface area contributed by atoms with Crippen molar-refractivity contribution in [3.63, 3.8) is 0 Å². The Hall–Kier alpha value is 0. The van der Waals surface area contributed by atoms with Gasteiger partial charge in [0.15, 0.2) is 0 Å². The van der Waals surface area contributed by atoms with Crippen molar-refractivity contribution in [2.45, 2.75) is 84.5 Å². The van der Waals surface area contributed by atoms with E-state index in [4.69, 9.17) is 0 Å². The summed E-state index contributed by atoms with van der Waals surface area (Å²) in [5.41, 5.74) is 0.555. The molecule has 0 aromatic carbocycles. The van der Waals surface area contributed by atoms with E-state index in [1.54, 1.807) is 0 Å². The normalized spacial score (nSPS) is 24.4. The van der Waals surface area contributed by atoms with Gasteiger partial charge >= 0.3 is 0 Å². The summed E-state index contributed by atoms with van der Waals surface area (Å²) in [6.45, 7) is 4.77. The van der Waals surface area contributed by atoms with Crippen molar-refractivity contribution < 1.29 is 0 Å². The molecule has 0 amide bonds. The quantitative estimate of drug-likeness (QED) is 0.561. The van der Waals surface area contributed by atoms with Crippen molar-refractivity contribution in [3.8, 4) is 0 Å². The summed E-state index contributed by atoms with van der Waals surface area (Å²) in [6, 6.07) is 0. The summed E-state index contributed by atoms with van der Waals surface area (Å²) < 4.78 is 0. The molecule has 0 atom stereocenters. The Morgan fingerprint density at radius 1 is 0.800 bits per heavy atom. The van der Waals surface area contributed by atoms with Crippen LogP contribution in [0.5, 0.6) is 0 Å². The highest BCUT2D eigenvalue weighted by Gasteiger charge is 2.22. The molecule has 1 radical (unpaired) electrons. The van der Waals surface area contributed by atoms with Gasteiger partial charge in [-0.3, -0.25) is 0 Å². The van der Waals surface area contributed by atoms with Crippen LogP contribution in [0.25, 0.3) is 0 Å². The van der Waals surface area contributed by atoms with Crippen LogP contribution in [0, 0.1) is 11.8 Å². The van der Waals surface area contributed by atoms with Gasteiger partial charge in [0.05, 0.1) is 0 Å². The van der Waals surface area contributed by atoms with Crippen LogP contribution in [0.15, 0.2) is 0 Å². The van der Waals surface area contributed by atoms with E-state index in [0.717, 1.165) is 0 Å². The molecule has 1 saturated carbocycles. The van der Waals surface area contributed by atoms with Crippen molar-refractivity contribution >= 4 is 0 Å². The molecule has 1 aliphatic carbocycles. The summed E-state index contributed by atoms with van der Waals surface area (Å²) >= 11 is 0. The predicted octanol–water partition coefficient (Wildman–Crippen LogP) is 5.52. The highest BCUT2D eigenvalue weighted by atomic mass is 14.3. The fourth-order valence-corrected chi connectivity index (χ4v) is 2.94. The molecule has 1 rings (SSSR count). The molecular weight excluding hydrogens is 180 g/mol. The van der Waals surface area contributed by atoms with E-state index >= 15 is 0 Å². The van der Waals surface area contributed by atoms with Gasteiger partial charge < -0.3 is 0 Å². The van der Waals surface area contributed by atoms with E-state index in [0.29, 0.717) is 5.41 Å². The molecule has 0 aliphatic heterocycles. The molecule has 0 spiro atoms. The van der Waals surface area contributed by atoms with Gasteiger partial charge in [-0.2, -0.15) is 0 Å². The minimum absolute atomic E-state index is 0.555. The minimum Gasteiger partial charge on any atom is -0.0651 e. The van der Waals surface area contributed by atoms with E-state index in [2.05, 4.69) is 20.3 Å². The fraction of sp³-hybridized carbons (Fsp3) is 0.933. The lowest BCUT2D eigenvalue weighted by Gasteiger charge is -2.29. The van der Waals surface area contributed by atoms with Gasteiger partial charge in [-0.05, 0) is 24.7 Å². The number of hydrogen-bond acceptors (Lipinski definition) is 0. The van der Waals surface area contributed by atoms with Crippen molar-refractivity contribution in [1.82, 2.24) is 0 Å². The van der Waals surface area contributed by atoms with Crippen LogP contribution in [0.3, 0.4) is 0 Å². The van der Waals surface area contributed by atoms with Crippen molar-refractivity contribution in [2.75, 3.05) is 0 Å². The van der Waals surface area contributed by atoms with Crippen LogP contribution in [-0.4, -0.2) is 0 Å². The van der Waals surface area contributed by atoms with E-state index in [1.807, 2.05) is 0 Å². The monoisotopic (exact) mass is 209 g/mol. The minimum atomic E-state index is 0.555. The standard InChI is InChI=1S/C15H29/c1-3-12-15(2)13-10-8-6-4-5-7-9-11-14-15/h12H,3-11,13-14H2,1-2H3. The van der Waals surface area contributed by atoms with Crippen LogP contribution < -0.4 is 0 Å². The molecule has 0 heterocycles. The number of rotatable bonds is 2. The van der Waals surface area contributed by atoms with Gasteiger partial charge in [-0.25, -0.2) is 0 Å². The average molecular weight is 209 g/mol. The molecule has 0 aromatic rings. The lowest BCUT2D eigenvalue weighted by molar-refractivity contribution is 0.298. The Labute approximate surface area is 96.8 Å². The van der Waals surface area contributed by atoms with E-state index in [1.165, 1.54) is 70.6 Å². The Balaban J connectivity index is 2.37. The van der Waals surface area contributed by atoms with E-state index in [-0.39, 0.29) is 0 Å². The van der Waals surface area contributed by atoms with Crippen molar-refractivity contribution in [3.05, 3.63) is 6.42 Å². The predicted molar refractivity (Wildman–Crippen MR) is 68.9 cm³/mol. The Morgan fingerprint density at radius 2 is 1.20 bits per heavy atom. The number of hydrogen-bond donors (Lipinski definition) is 0. The second kappa shape index (κ2) is 7.30. The zero-order chi connectivity index (χ0) is 11.0. The third-order valence-corrected chi connectivity index (χ3v) is 3.94. The zero-order valence-electron chi connectivity index (χ0n) is 10.9. The molecule has 0 aromatic heterocycles. The summed E-state index contributed by atoms with van der Waals surface area (Å²) in [7, 11) is 0. The average Bonchev–Trinajstić information content (AvgIpc) is 2.24. The Kier molecular flexibility index (Phi) is 6.36.